The Hall–Kier alpha value is -2.01. The van der Waals surface area contributed by atoms with Gasteiger partial charge in [-0.15, -0.1) is 0 Å². The van der Waals surface area contributed by atoms with Crippen LogP contribution in [-0.2, 0) is 6.54 Å². The lowest BCUT2D eigenvalue weighted by Gasteiger charge is -2.08. The lowest BCUT2D eigenvalue weighted by atomic mass is 10.2. The van der Waals surface area contributed by atoms with Gasteiger partial charge in [0.25, 0.3) is 0 Å². The van der Waals surface area contributed by atoms with E-state index < -0.39 is 11.6 Å². The van der Waals surface area contributed by atoms with Crippen molar-refractivity contribution in [3.63, 3.8) is 0 Å². The fourth-order valence-electron chi connectivity index (χ4n) is 1.61. The third-order valence-electron chi connectivity index (χ3n) is 2.67. The van der Waals surface area contributed by atoms with Crippen LogP contribution in [0.15, 0.2) is 42.5 Å². The van der Waals surface area contributed by atoms with Crippen LogP contribution in [0.2, 0.25) is 0 Å². The summed E-state index contributed by atoms with van der Waals surface area (Å²) in [6.45, 7) is 0.276. The summed E-state index contributed by atoms with van der Waals surface area (Å²) in [7, 11) is 0. The van der Waals surface area contributed by atoms with Crippen molar-refractivity contribution >= 4 is 22.9 Å². The summed E-state index contributed by atoms with van der Waals surface area (Å²) in [6.07, 6.45) is 0. The van der Waals surface area contributed by atoms with Crippen LogP contribution >= 0.6 is 12.2 Å². The van der Waals surface area contributed by atoms with Crippen LogP contribution in [0.5, 0.6) is 0 Å². The van der Waals surface area contributed by atoms with E-state index in [0.29, 0.717) is 10.6 Å². The van der Waals surface area contributed by atoms with Crippen LogP contribution in [-0.4, -0.2) is 4.99 Å². The highest BCUT2D eigenvalue weighted by Crippen LogP contribution is 2.14. The van der Waals surface area contributed by atoms with Gasteiger partial charge in [-0.05, 0) is 30.3 Å². The number of nitrogens with one attached hydrogen (secondary N) is 1. The molecule has 2 aromatic carbocycles. The molecule has 0 aliphatic heterocycles. The molecule has 2 rings (SSSR count). The molecule has 19 heavy (non-hydrogen) atoms. The molecule has 0 amide bonds. The normalized spacial score (nSPS) is 10.2. The lowest BCUT2D eigenvalue weighted by Crippen LogP contribution is -2.09. The monoisotopic (exact) mass is 278 g/mol. The molecule has 98 valence electrons. The third-order valence-corrected chi connectivity index (χ3v) is 2.90. The van der Waals surface area contributed by atoms with Crippen molar-refractivity contribution in [2.75, 3.05) is 5.32 Å². The molecule has 5 heteroatoms. The van der Waals surface area contributed by atoms with Gasteiger partial charge in [0.05, 0.1) is 0 Å². The molecule has 0 aromatic heterocycles. The predicted molar refractivity (Wildman–Crippen MR) is 76.0 cm³/mol. The molecule has 2 aromatic rings. The molecule has 0 fully saturated rings. The van der Waals surface area contributed by atoms with Crippen LogP contribution in [0, 0.1) is 11.6 Å². The zero-order valence-corrected chi connectivity index (χ0v) is 10.8. The Balaban J connectivity index is 2.04. The summed E-state index contributed by atoms with van der Waals surface area (Å²) in [5.74, 6) is -1.14. The number of halogens is 2. The summed E-state index contributed by atoms with van der Waals surface area (Å²) in [6, 6.07) is 10.7. The zero-order valence-electron chi connectivity index (χ0n) is 9.99. The van der Waals surface area contributed by atoms with E-state index >= 15 is 0 Å². The maximum Gasteiger partial charge on any atom is 0.131 e. The molecular formula is C14H12F2N2S. The Morgan fingerprint density at radius 1 is 1.11 bits per heavy atom. The molecule has 0 saturated carbocycles. The molecule has 3 N–H and O–H groups in total. The van der Waals surface area contributed by atoms with Crippen LogP contribution < -0.4 is 11.1 Å². The maximum atomic E-state index is 13.4. The highest BCUT2D eigenvalue weighted by Gasteiger charge is 2.03. The smallest absolute Gasteiger partial charge is 0.131 e. The third kappa shape index (κ3) is 3.48. The first-order chi connectivity index (χ1) is 9.06. The van der Waals surface area contributed by atoms with Gasteiger partial charge in [-0.2, -0.15) is 0 Å². The number of hydrogen-bond acceptors (Lipinski definition) is 2. The molecule has 2 nitrogen and oxygen atoms in total. The Bertz CT molecular complexity index is 597. The summed E-state index contributed by atoms with van der Waals surface area (Å²) >= 11 is 4.85. The second kappa shape index (κ2) is 5.75. The van der Waals surface area contributed by atoms with Crippen molar-refractivity contribution in [3.05, 3.63) is 65.2 Å². The first kappa shape index (κ1) is 13.4. The van der Waals surface area contributed by atoms with Crippen LogP contribution in [0.25, 0.3) is 0 Å². The standard InChI is InChI=1S/C14H12F2N2S/c15-11-4-1-10(13(16)7-11)8-18-12-5-2-9(3-6-12)14(17)19/h1-7,18H,8H2,(H2,17,19). The van der Waals surface area contributed by atoms with Crippen molar-refractivity contribution in [3.8, 4) is 0 Å². The lowest BCUT2D eigenvalue weighted by molar-refractivity contribution is 0.574. The summed E-state index contributed by atoms with van der Waals surface area (Å²) in [5, 5.41) is 3.04. The number of rotatable bonds is 4. The second-order valence-corrected chi connectivity index (χ2v) is 4.47. The van der Waals surface area contributed by atoms with E-state index in [0.717, 1.165) is 17.3 Å². The van der Waals surface area contributed by atoms with E-state index in [1.165, 1.54) is 12.1 Å². The van der Waals surface area contributed by atoms with Gasteiger partial charge >= 0.3 is 0 Å². The van der Waals surface area contributed by atoms with Crippen molar-refractivity contribution in [2.45, 2.75) is 6.54 Å². The van der Waals surface area contributed by atoms with Crippen LogP contribution in [0.4, 0.5) is 14.5 Å². The summed E-state index contributed by atoms with van der Waals surface area (Å²) in [4.78, 5) is 0.330. The summed E-state index contributed by atoms with van der Waals surface area (Å²) < 4.78 is 26.2. The van der Waals surface area contributed by atoms with E-state index in [1.54, 1.807) is 24.3 Å². The number of thiocarbonyl (C=S) groups is 1. The molecule has 0 radical (unpaired) electrons. The topological polar surface area (TPSA) is 38.0 Å². The van der Waals surface area contributed by atoms with Crippen molar-refractivity contribution < 1.29 is 8.78 Å². The van der Waals surface area contributed by atoms with Gasteiger partial charge in [0.1, 0.15) is 16.6 Å². The Morgan fingerprint density at radius 2 is 1.79 bits per heavy atom. The van der Waals surface area contributed by atoms with E-state index in [-0.39, 0.29) is 6.54 Å². The fraction of sp³-hybridized carbons (Fsp3) is 0.0714. The number of benzene rings is 2. The maximum absolute atomic E-state index is 13.4. The quantitative estimate of drug-likeness (QED) is 0.843. The van der Waals surface area contributed by atoms with Gasteiger partial charge in [-0.3, -0.25) is 0 Å². The van der Waals surface area contributed by atoms with Gasteiger partial charge in [-0.25, -0.2) is 8.78 Å². The van der Waals surface area contributed by atoms with Crippen molar-refractivity contribution in [1.82, 2.24) is 0 Å². The van der Waals surface area contributed by atoms with E-state index in [2.05, 4.69) is 5.32 Å². The number of anilines is 1. The zero-order chi connectivity index (χ0) is 13.8. The Morgan fingerprint density at radius 3 is 2.37 bits per heavy atom. The van der Waals surface area contributed by atoms with E-state index in [4.69, 9.17) is 18.0 Å². The number of nitrogens with two attached hydrogens (primary N) is 1. The minimum Gasteiger partial charge on any atom is -0.389 e. The molecule has 0 atom stereocenters. The average Bonchev–Trinajstić information content (AvgIpc) is 2.38. The first-order valence-electron chi connectivity index (χ1n) is 5.64. The number of hydrogen-bond donors (Lipinski definition) is 2. The molecule has 0 aliphatic rings. The van der Waals surface area contributed by atoms with Crippen molar-refractivity contribution in [1.29, 1.82) is 0 Å². The van der Waals surface area contributed by atoms with Gasteiger partial charge in [-0.1, -0.05) is 18.3 Å². The fourth-order valence-corrected chi connectivity index (χ4v) is 1.75. The van der Waals surface area contributed by atoms with Crippen LogP contribution in [0.3, 0.4) is 0 Å². The highest BCUT2D eigenvalue weighted by atomic mass is 32.1. The van der Waals surface area contributed by atoms with Gasteiger partial charge in [0.2, 0.25) is 0 Å². The second-order valence-electron chi connectivity index (χ2n) is 4.03. The minimum atomic E-state index is -0.581. The van der Waals surface area contributed by atoms with E-state index in [9.17, 15) is 8.78 Å². The average molecular weight is 278 g/mol. The minimum absolute atomic E-state index is 0.276. The molecular weight excluding hydrogens is 266 g/mol. The molecule has 0 aliphatic carbocycles. The van der Waals surface area contributed by atoms with Gasteiger partial charge < -0.3 is 11.1 Å². The SMILES string of the molecule is NC(=S)c1ccc(NCc2ccc(F)cc2F)cc1. The highest BCUT2D eigenvalue weighted by molar-refractivity contribution is 7.80. The van der Waals surface area contributed by atoms with Crippen molar-refractivity contribution in [2.24, 2.45) is 5.73 Å². The largest absolute Gasteiger partial charge is 0.389 e. The molecule has 0 saturated heterocycles. The molecule has 0 heterocycles. The van der Waals surface area contributed by atoms with Crippen LogP contribution in [0.1, 0.15) is 11.1 Å². The predicted octanol–water partition coefficient (Wildman–Crippen LogP) is 3.21. The van der Waals surface area contributed by atoms with E-state index in [1.807, 2.05) is 0 Å². The van der Waals surface area contributed by atoms with Gasteiger partial charge in [0.15, 0.2) is 0 Å². The molecule has 0 bridgehead atoms. The Labute approximate surface area is 115 Å². The van der Waals surface area contributed by atoms with Gasteiger partial charge in [0, 0.05) is 29.4 Å². The Kier molecular flexibility index (Phi) is 4.06. The first-order valence-corrected chi connectivity index (χ1v) is 6.05. The summed E-state index contributed by atoms with van der Waals surface area (Å²) in [5.41, 5.74) is 7.47. The molecule has 0 spiro atoms. The molecule has 0 unspecified atom stereocenters.